The lowest BCUT2D eigenvalue weighted by molar-refractivity contribution is -0.128. The van der Waals surface area contributed by atoms with Gasteiger partial charge < -0.3 is 15.4 Å². The Morgan fingerprint density at radius 3 is 2.91 bits per heavy atom. The highest BCUT2D eigenvalue weighted by atomic mass is 16.5. The number of nitrogens with zero attached hydrogens (tertiary/aromatic N) is 3. The fraction of sp³-hybridized carbons (Fsp3) is 0.333. The summed E-state index contributed by atoms with van der Waals surface area (Å²) in [5.41, 5.74) is 6.34. The number of ether oxygens (including phenoxy) is 1. The average molecular weight is 315 g/mol. The van der Waals surface area contributed by atoms with E-state index in [4.69, 9.17) is 10.5 Å². The van der Waals surface area contributed by atoms with Crippen molar-refractivity contribution in [3.63, 3.8) is 0 Å². The molecule has 1 aliphatic heterocycles. The Kier molecular flexibility index (Phi) is 4.22. The summed E-state index contributed by atoms with van der Waals surface area (Å²) in [5, 5.41) is 10.2. The van der Waals surface area contributed by atoms with Crippen LogP contribution in [-0.2, 0) is 4.79 Å². The summed E-state index contributed by atoms with van der Waals surface area (Å²) in [7, 11) is 0. The van der Waals surface area contributed by atoms with Crippen LogP contribution in [0.1, 0.15) is 23.3 Å². The third-order valence-corrected chi connectivity index (χ3v) is 3.71. The third kappa shape index (κ3) is 3.15. The summed E-state index contributed by atoms with van der Waals surface area (Å²) < 4.78 is 5.78. The molecule has 0 atom stereocenters. The molecule has 0 radical (unpaired) electrons. The maximum absolute atomic E-state index is 11.6. The molecule has 0 bridgehead atoms. The normalized spacial score (nSPS) is 14.3. The minimum Gasteiger partial charge on any atom is -0.491 e. The lowest BCUT2D eigenvalue weighted by Gasteiger charge is -2.16. The minimum atomic E-state index is -0.661. The van der Waals surface area contributed by atoms with Crippen molar-refractivity contribution in [3.8, 4) is 17.0 Å². The molecule has 1 aromatic carbocycles. The van der Waals surface area contributed by atoms with Crippen LogP contribution in [0.2, 0.25) is 0 Å². The van der Waals surface area contributed by atoms with Gasteiger partial charge in [-0.2, -0.15) is 15.4 Å². The highest BCUT2D eigenvalue weighted by molar-refractivity contribution is 5.97. The van der Waals surface area contributed by atoms with E-state index in [9.17, 15) is 9.59 Å². The molecular formula is C15H17N5O3. The lowest BCUT2D eigenvalue weighted by atomic mass is 10.1. The van der Waals surface area contributed by atoms with Gasteiger partial charge in [-0.1, -0.05) is 12.1 Å². The number of aromatic nitrogens is 3. The molecule has 0 unspecified atom stereocenters. The van der Waals surface area contributed by atoms with E-state index in [0.29, 0.717) is 36.6 Å². The van der Waals surface area contributed by atoms with Crippen LogP contribution in [0, 0.1) is 0 Å². The molecule has 1 saturated heterocycles. The van der Waals surface area contributed by atoms with Crippen LogP contribution in [0.3, 0.4) is 0 Å². The molecule has 1 aliphatic rings. The standard InChI is InChI=1S/C15H17N5O3/c16-15(22)14-13(17-19-18-14)10-4-1-2-5-11(10)23-9-8-20-7-3-6-12(20)21/h1-2,4-5H,3,6-9H2,(H2,16,22)(H,17,18,19). The number of aromatic amines is 1. The molecule has 0 saturated carbocycles. The number of hydrogen-bond acceptors (Lipinski definition) is 5. The Morgan fingerprint density at radius 2 is 2.17 bits per heavy atom. The molecule has 3 N–H and O–H groups in total. The second-order valence-corrected chi connectivity index (χ2v) is 5.21. The molecule has 2 amide bonds. The van der Waals surface area contributed by atoms with Crippen LogP contribution in [-0.4, -0.2) is 51.8 Å². The Balaban J connectivity index is 1.74. The monoisotopic (exact) mass is 315 g/mol. The number of likely N-dealkylation sites (tertiary alicyclic amines) is 1. The van der Waals surface area contributed by atoms with Crippen LogP contribution in [0.4, 0.5) is 0 Å². The molecule has 0 aliphatic carbocycles. The van der Waals surface area contributed by atoms with Crippen molar-refractivity contribution in [3.05, 3.63) is 30.0 Å². The molecule has 1 aromatic heterocycles. The lowest BCUT2D eigenvalue weighted by Crippen LogP contribution is -2.29. The highest BCUT2D eigenvalue weighted by Gasteiger charge is 2.21. The summed E-state index contributed by atoms with van der Waals surface area (Å²) in [6.45, 7) is 1.68. The van der Waals surface area contributed by atoms with Crippen molar-refractivity contribution in [1.82, 2.24) is 20.3 Å². The first-order chi connectivity index (χ1) is 11.2. The zero-order valence-electron chi connectivity index (χ0n) is 12.5. The summed E-state index contributed by atoms with van der Waals surface area (Å²) in [6.07, 6.45) is 1.51. The average Bonchev–Trinajstić information content (AvgIpc) is 3.17. The van der Waals surface area contributed by atoms with E-state index in [1.807, 2.05) is 12.1 Å². The number of carbonyl (C=O) groups excluding carboxylic acids is 2. The first-order valence-electron chi connectivity index (χ1n) is 7.37. The van der Waals surface area contributed by atoms with Gasteiger partial charge in [0.25, 0.3) is 5.91 Å². The summed E-state index contributed by atoms with van der Waals surface area (Å²) in [5.74, 6) is 0.0659. The molecular weight excluding hydrogens is 298 g/mol. The van der Waals surface area contributed by atoms with E-state index in [1.54, 1.807) is 17.0 Å². The van der Waals surface area contributed by atoms with Crippen molar-refractivity contribution in [1.29, 1.82) is 0 Å². The molecule has 0 spiro atoms. The maximum atomic E-state index is 11.6. The molecule has 8 nitrogen and oxygen atoms in total. The van der Waals surface area contributed by atoms with Gasteiger partial charge in [-0.05, 0) is 18.6 Å². The maximum Gasteiger partial charge on any atom is 0.271 e. The van der Waals surface area contributed by atoms with Gasteiger partial charge in [0.05, 0.1) is 6.54 Å². The van der Waals surface area contributed by atoms with Gasteiger partial charge in [0.2, 0.25) is 5.91 Å². The van der Waals surface area contributed by atoms with Gasteiger partial charge in [0.15, 0.2) is 5.69 Å². The van der Waals surface area contributed by atoms with Crippen molar-refractivity contribution < 1.29 is 14.3 Å². The van der Waals surface area contributed by atoms with Crippen LogP contribution in [0.5, 0.6) is 5.75 Å². The second kappa shape index (κ2) is 6.47. The van der Waals surface area contributed by atoms with E-state index in [0.717, 1.165) is 13.0 Å². The molecule has 2 heterocycles. The number of hydrogen-bond donors (Lipinski definition) is 2. The Morgan fingerprint density at radius 1 is 1.35 bits per heavy atom. The predicted octanol–water partition coefficient (Wildman–Crippen LogP) is 0.572. The van der Waals surface area contributed by atoms with Crippen LogP contribution >= 0.6 is 0 Å². The number of primary amides is 1. The SMILES string of the molecule is NC(=O)c1n[nH]nc1-c1ccccc1OCCN1CCCC1=O. The molecule has 2 aromatic rings. The Hall–Kier alpha value is -2.90. The number of benzene rings is 1. The van der Waals surface area contributed by atoms with E-state index in [1.165, 1.54) is 0 Å². The van der Waals surface area contributed by atoms with Crippen LogP contribution in [0.25, 0.3) is 11.3 Å². The molecule has 23 heavy (non-hydrogen) atoms. The van der Waals surface area contributed by atoms with E-state index >= 15 is 0 Å². The largest absolute Gasteiger partial charge is 0.491 e. The summed E-state index contributed by atoms with van der Waals surface area (Å²) in [6, 6.07) is 7.19. The molecule has 120 valence electrons. The molecule has 8 heteroatoms. The van der Waals surface area contributed by atoms with Gasteiger partial charge in [0.1, 0.15) is 18.1 Å². The van der Waals surface area contributed by atoms with E-state index < -0.39 is 5.91 Å². The van der Waals surface area contributed by atoms with E-state index in [2.05, 4.69) is 15.4 Å². The Bertz CT molecular complexity index is 727. The Labute approximate surface area is 132 Å². The topological polar surface area (TPSA) is 114 Å². The highest BCUT2D eigenvalue weighted by Crippen LogP contribution is 2.29. The van der Waals surface area contributed by atoms with Gasteiger partial charge >= 0.3 is 0 Å². The van der Waals surface area contributed by atoms with Gasteiger partial charge in [-0.15, -0.1) is 0 Å². The van der Waals surface area contributed by atoms with Crippen molar-refractivity contribution in [2.24, 2.45) is 5.73 Å². The summed E-state index contributed by atoms with van der Waals surface area (Å²) >= 11 is 0. The van der Waals surface area contributed by atoms with Crippen molar-refractivity contribution in [2.75, 3.05) is 19.7 Å². The first kappa shape index (κ1) is 15.0. The number of nitrogens with two attached hydrogens (primary N) is 1. The fourth-order valence-corrected chi connectivity index (χ4v) is 2.58. The third-order valence-electron chi connectivity index (χ3n) is 3.71. The second-order valence-electron chi connectivity index (χ2n) is 5.21. The zero-order valence-corrected chi connectivity index (χ0v) is 12.5. The number of H-pyrrole nitrogens is 1. The van der Waals surface area contributed by atoms with Gasteiger partial charge in [-0.3, -0.25) is 9.59 Å². The van der Waals surface area contributed by atoms with E-state index in [-0.39, 0.29) is 11.6 Å². The quantitative estimate of drug-likeness (QED) is 0.809. The van der Waals surface area contributed by atoms with Crippen molar-refractivity contribution in [2.45, 2.75) is 12.8 Å². The van der Waals surface area contributed by atoms with Gasteiger partial charge in [-0.25, -0.2) is 0 Å². The van der Waals surface area contributed by atoms with Gasteiger partial charge in [0, 0.05) is 18.5 Å². The number of nitrogens with one attached hydrogen (secondary N) is 1. The molecule has 3 rings (SSSR count). The van der Waals surface area contributed by atoms with Crippen LogP contribution in [0.15, 0.2) is 24.3 Å². The number of amides is 2. The predicted molar refractivity (Wildman–Crippen MR) is 81.6 cm³/mol. The first-order valence-corrected chi connectivity index (χ1v) is 7.37. The zero-order chi connectivity index (χ0) is 16.2. The minimum absolute atomic E-state index is 0.0655. The number of rotatable bonds is 6. The number of para-hydroxylation sites is 1. The van der Waals surface area contributed by atoms with Crippen LogP contribution < -0.4 is 10.5 Å². The smallest absolute Gasteiger partial charge is 0.271 e. The molecule has 1 fully saturated rings. The number of carbonyl (C=O) groups is 2. The van der Waals surface area contributed by atoms with Crippen molar-refractivity contribution >= 4 is 11.8 Å². The fourth-order valence-electron chi connectivity index (χ4n) is 2.58. The summed E-state index contributed by atoms with van der Waals surface area (Å²) in [4.78, 5) is 24.8.